The maximum atomic E-state index is 13.3. The molecule has 0 radical (unpaired) electrons. The van der Waals surface area contributed by atoms with Crippen LogP contribution >= 0.6 is 0 Å². The van der Waals surface area contributed by atoms with Crippen LogP contribution in [0.4, 0.5) is 0 Å². The highest BCUT2D eigenvalue weighted by atomic mass is 16.7. The Morgan fingerprint density at radius 1 is 1.03 bits per heavy atom. The van der Waals surface area contributed by atoms with Gasteiger partial charge in [-0.15, -0.1) is 0 Å². The Kier molecular flexibility index (Phi) is 5.86. The average molecular weight is 405 g/mol. The molecule has 2 N–H and O–H groups in total. The highest BCUT2D eigenvalue weighted by Crippen LogP contribution is 2.24. The van der Waals surface area contributed by atoms with Gasteiger partial charge in [-0.2, -0.15) is 0 Å². The Balaban J connectivity index is 1.55. The quantitative estimate of drug-likeness (QED) is 0.631. The van der Waals surface area contributed by atoms with E-state index in [1.165, 1.54) is 5.06 Å². The third-order valence-electron chi connectivity index (χ3n) is 5.42. The molecule has 2 atom stereocenters. The van der Waals surface area contributed by atoms with Crippen LogP contribution in [0, 0.1) is 5.92 Å². The predicted molar refractivity (Wildman–Crippen MR) is 115 cm³/mol. The number of aromatic nitrogens is 1. The molecule has 0 unspecified atom stereocenters. The lowest BCUT2D eigenvalue weighted by atomic mass is 9.97. The van der Waals surface area contributed by atoms with Gasteiger partial charge in [0.05, 0.1) is 0 Å². The van der Waals surface area contributed by atoms with E-state index < -0.39 is 12.1 Å². The van der Waals surface area contributed by atoms with Gasteiger partial charge < -0.3 is 10.3 Å². The van der Waals surface area contributed by atoms with Crippen molar-refractivity contribution in [2.24, 2.45) is 5.92 Å². The van der Waals surface area contributed by atoms with Crippen LogP contribution in [0.25, 0.3) is 10.9 Å². The van der Waals surface area contributed by atoms with Gasteiger partial charge in [0.2, 0.25) is 5.91 Å². The maximum Gasteiger partial charge on any atom is 0.269 e. The molecule has 1 saturated heterocycles. The van der Waals surface area contributed by atoms with Gasteiger partial charge in [-0.3, -0.25) is 14.4 Å². The molecule has 0 spiro atoms. The zero-order valence-corrected chi connectivity index (χ0v) is 17.3. The predicted octanol–water partition coefficient (Wildman–Crippen LogP) is 3.58. The number of rotatable bonds is 7. The Bertz CT molecular complexity index is 1030. The first-order valence-electron chi connectivity index (χ1n) is 10.4. The standard InChI is InChI=1S/C24H27N3O3/c1-16(2)12-22-23(28)26-21(13-18-14-25-20-11-7-6-10-19(18)20)24(29)27(22)30-15-17-8-4-3-5-9-17/h3-11,14,16,21-22,25H,12-13,15H2,1-2H3,(H,26,28)/t21-,22+/m0/s1. The molecule has 0 bridgehead atoms. The molecule has 1 fully saturated rings. The molecule has 1 aromatic heterocycles. The number of amides is 2. The normalized spacial score (nSPS) is 19.5. The summed E-state index contributed by atoms with van der Waals surface area (Å²) >= 11 is 0. The molecular formula is C24H27N3O3. The molecule has 2 heterocycles. The lowest BCUT2D eigenvalue weighted by Crippen LogP contribution is -2.63. The van der Waals surface area contributed by atoms with Crippen molar-refractivity contribution in [1.29, 1.82) is 0 Å². The minimum atomic E-state index is -0.657. The fourth-order valence-corrected chi connectivity index (χ4v) is 3.92. The average Bonchev–Trinajstić information content (AvgIpc) is 3.15. The number of nitrogens with one attached hydrogen (secondary N) is 2. The van der Waals surface area contributed by atoms with Gasteiger partial charge in [0.15, 0.2) is 0 Å². The largest absolute Gasteiger partial charge is 0.361 e. The number of para-hydroxylation sites is 1. The molecule has 30 heavy (non-hydrogen) atoms. The number of hydrogen-bond donors (Lipinski definition) is 2. The first-order valence-corrected chi connectivity index (χ1v) is 10.4. The van der Waals surface area contributed by atoms with E-state index in [1.807, 2.05) is 74.6 Å². The second-order valence-corrected chi connectivity index (χ2v) is 8.19. The number of fused-ring (bicyclic) bond motifs is 1. The summed E-state index contributed by atoms with van der Waals surface area (Å²) in [5.41, 5.74) is 2.96. The number of hydroxylamine groups is 2. The zero-order valence-electron chi connectivity index (χ0n) is 17.3. The van der Waals surface area contributed by atoms with Crippen LogP contribution in [0.15, 0.2) is 60.8 Å². The lowest BCUT2D eigenvalue weighted by Gasteiger charge is -2.38. The molecule has 1 aliphatic heterocycles. The van der Waals surface area contributed by atoms with Gasteiger partial charge in [-0.25, -0.2) is 5.06 Å². The van der Waals surface area contributed by atoms with E-state index in [4.69, 9.17) is 4.84 Å². The van der Waals surface area contributed by atoms with Gasteiger partial charge in [0, 0.05) is 23.5 Å². The van der Waals surface area contributed by atoms with Gasteiger partial charge in [-0.05, 0) is 29.5 Å². The lowest BCUT2D eigenvalue weighted by molar-refractivity contribution is -0.216. The van der Waals surface area contributed by atoms with Crippen molar-refractivity contribution in [1.82, 2.24) is 15.4 Å². The Morgan fingerprint density at radius 3 is 2.53 bits per heavy atom. The topological polar surface area (TPSA) is 74.4 Å². The van der Waals surface area contributed by atoms with Crippen LogP contribution in [0.2, 0.25) is 0 Å². The molecule has 2 aromatic carbocycles. The van der Waals surface area contributed by atoms with Crippen molar-refractivity contribution < 1.29 is 14.4 Å². The molecular weight excluding hydrogens is 378 g/mol. The fraction of sp³-hybridized carbons (Fsp3) is 0.333. The minimum Gasteiger partial charge on any atom is -0.361 e. The summed E-state index contributed by atoms with van der Waals surface area (Å²) in [6, 6.07) is 16.3. The monoisotopic (exact) mass is 405 g/mol. The Hall–Kier alpha value is -3.12. The van der Waals surface area contributed by atoms with Crippen molar-refractivity contribution in [3.05, 3.63) is 71.9 Å². The van der Waals surface area contributed by atoms with Crippen molar-refractivity contribution in [3.8, 4) is 0 Å². The third-order valence-corrected chi connectivity index (χ3v) is 5.42. The summed E-state index contributed by atoms with van der Waals surface area (Å²) in [5.74, 6) is -0.121. The van der Waals surface area contributed by atoms with Crippen molar-refractivity contribution in [2.45, 2.75) is 45.4 Å². The van der Waals surface area contributed by atoms with E-state index in [9.17, 15) is 9.59 Å². The van der Waals surface area contributed by atoms with E-state index in [0.29, 0.717) is 12.8 Å². The van der Waals surface area contributed by atoms with E-state index in [0.717, 1.165) is 22.0 Å². The summed E-state index contributed by atoms with van der Waals surface area (Å²) in [6.45, 7) is 4.31. The highest BCUT2D eigenvalue weighted by Gasteiger charge is 2.42. The summed E-state index contributed by atoms with van der Waals surface area (Å²) in [4.78, 5) is 35.4. The first kappa shape index (κ1) is 20.2. The van der Waals surface area contributed by atoms with Crippen LogP contribution in [-0.4, -0.2) is 33.9 Å². The van der Waals surface area contributed by atoms with Crippen LogP contribution in [0.5, 0.6) is 0 Å². The summed E-state index contributed by atoms with van der Waals surface area (Å²) in [6.07, 6.45) is 2.86. The van der Waals surface area contributed by atoms with Crippen LogP contribution in [0.3, 0.4) is 0 Å². The van der Waals surface area contributed by atoms with Gasteiger partial charge in [0.25, 0.3) is 5.91 Å². The van der Waals surface area contributed by atoms with E-state index in [1.54, 1.807) is 0 Å². The first-order chi connectivity index (χ1) is 14.5. The highest BCUT2D eigenvalue weighted by molar-refractivity contribution is 5.97. The zero-order chi connectivity index (χ0) is 21.1. The van der Waals surface area contributed by atoms with Crippen molar-refractivity contribution in [2.75, 3.05) is 0 Å². The van der Waals surface area contributed by atoms with E-state index >= 15 is 0 Å². The second kappa shape index (κ2) is 8.71. The fourth-order valence-electron chi connectivity index (χ4n) is 3.92. The number of aromatic amines is 1. The molecule has 6 heteroatoms. The number of benzene rings is 2. The molecule has 0 aliphatic carbocycles. The number of H-pyrrole nitrogens is 1. The van der Waals surface area contributed by atoms with Crippen LogP contribution in [-0.2, 0) is 27.5 Å². The molecule has 0 saturated carbocycles. The van der Waals surface area contributed by atoms with Crippen molar-refractivity contribution >= 4 is 22.7 Å². The van der Waals surface area contributed by atoms with Gasteiger partial charge in [0.1, 0.15) is 18.7 Å². The van der Waals surface area contributed by atoms with Crippen molar-refractivity contribution in [3.63, 3.8) is 0 Å². The number of piperazine rings is 1. The molecule has 1 aliphatic rings. The number of hydrogen-bond acceptors (Lipinski definition) is 3. The number of nitrogens with zero attached hydrogens (tertiary/aromatic N) is 1. The molecule has 2 amide bonds. The molecule has 156 valence electrons. The van der Waals surface area contributed by atoms with E-state index in [-0.39, 0.29) is 24.3 Å². The molecule has 3 aromatic rings. The summed E-state index contributed by atoms with van der Waals surface area (Å²) < 4.78 is 0. The van der Waals surface area contributed by atoms with Gasteiger partial charge in [-0.1, -0.05) is 62.4 Å². The molecule has 4 rings (SSSR count). The van der Waals surface area contributed by atoms with Gasteiger partial charge >= 0.3 is 0 Å². The summed E-state index contributed by atoms with van der Waals surface area (Å²) in [7, 11) is 0. The second-order valence-electron chi connectivity index (χ2n) is 8.19. The number of carbonyl (C=O) groups is 2. The van der Waals surface area contributed by atoms with Crippen LogP contribution in [0.1, 0.15) is 31.4 Å². The Morgan fingerprint density at radius 2 is 1.77 bits per heavy atom. The number of carbonyl (C=O) groups excluding carboxylic acids is 2. The smallest absolute Gasteiger partial charge is 0.269 e. The maximum absolute atomic E-state index is 13.3. The molecule has 6 nitrogen and oxygen atoms in total. The summed E-state index contributed by atoms with van der Waals surface area (Å²) in [5, 5.41) is 5.30. The van der Waals surface area contributed by atoms with Crippen LogP contribution < -0.4 is 5.32 Å². The third kappa shape index (κ3) is 4.24. The van der Waals surface area contributed by atoms with E-state index in [2.05, 4.69) is 10.3 Å². The SMILES string of the molecule is CC(C)C[C@@H]1C(=O)N[C@@H](Cc2c[nH]c3ccccc23)C(=O)N1OCc1ccccc1. The Labute approximate surface area is 176 Å². The minimum absolute atomic E-state index is 0.166.